The van der Waals surface area contributed by atoms with Crippen LogP contribution in [0, 0.1) is 11.7 Å². The topological polar surface area (TPSA) is 12.0 Å². The maximum Gasteiger partial charge on any atom is 0.131 e. The summed E-state index contributed by atoms with van der Waals surface area (Å²) in [5.74, 6) is 0.552. The van der Waals surface area contributed by atoms with Crippen LogP contribution in [0.25, 0.3) is 10.4 Å². The molecular weight excluding hydrogens is 281 g/mol. The van der Waals surface area contributed by atoms with Crippen LogP contribution in [-0.4, -0.2) is 6.04 Å². The average Bonchev–Trinajstić information content (AvgIpc) is 3.01. The molecule has 0 radical (unpaired) electrons. The first kappa shape index (κ1) is 16.2. The fourth-order valence-corrected chi connectivity index (χ4v) is 3.49. The largest absolute Gasteiger partial charge is 0.310 e. The van der Waals surface area contributed by atoms with Crippen LogP contribution in [0.1, 0.15) is 39.2 Å². The van der Waals surface area contributed by atoms with Crippen LogP contribution in [0.4, 0.5) is 4.39 Å². The molecule has 1 heterocycles. The predicted molar refractivity (Wildman–Crippen MR) is 90.1 cm³/mol. The molecule has 2 aromatic rings. The fourth-order valence-electron chi connectivity index (χ4n) is 2.74. The minimum absolute atomic E-state index is 0.144. The molecule has 1 nitrogen and oxygen atoms in total. The Bertz CT molecular complexity index is 546. The molecule has 1 aromatic carbocycles. The summed E-state index contributed by atoms with van der Waals surface area (Å²) in [6, 6.07) is 9.82. The lowest BCUT2D eigenvalue weighted by Gasteiger charge is -2.22. The van der Waals surface area contributed by atoms with Crippen LogP contribution in [0.5, 0.6) is 0 Å². The maximum atomic E-state index is 14.0. The van der Waals surface area contributed by atoms with Crippen LogP contribution in [-0.2, 0) is 6.54 Å². The molecule has 0 aliphatic carbocycles. The van der Waals surface area contributed by atoms with Crippen molar-refractivity contribution < 1.29 is 4.39 Å². The second kappa shape index (κ2) is 7.71. The highest BCUT2D eigenvalue weighted by molar-refractivity contribution is 7.13. The summed E-state index contributed by atoms with van der Waals surface area (Å²) in [4.78, 5) is 0.988. The molecule has 0 bridgehead atoms. The minimum atomic E-state index is -0.144. The van der Waals surface area contributed by atoms with Gasteiger partial charge in [-0.15, -0.1) is 11.3 Å². The van der Waals surface area contributed by atoms with Crippen LogP contribution in [0.15, 0.2) is 35.7 Å². The van der Waals surface area contributed by atoms with E-state index in [9.17, 15) is 4.39 Å². The van der Waals surface area contributed by atoms with Crippen LogP contribution in [0.2, 0.25) is 0 Å². The van der Waals surface area contributed by atoms with Crippen molar-refractivity contribution in [2.75, 3.05) is 0 Å². The van der Waals surface area contributed by atoms with Gasteiger partial charge in [-0.1, -0.05) is 38.8 Å². The van der Waals surface area contributed by atoms with E-state index in [-0.39, 0.29) is 5.82 Å². The SMILES string of the molecule is CCC(CC)C(C)NCc1ccc(F)c(-c2cccs2)c1. The number of nitrogens with one attached hydrogen (secondary N) is 1. The minimum Gasteiger partial charge on any atom is -0.310 e. The van der Waals surface area contributed by atoms with Crippen molar-refractivity contribution in [1.29, 1.82) is 0 Å². The van der Waals surface area contributed by atoms with Gasteiger partial charge < -0.3 is 5.32 Å². The number of thiophene rings is 1. The number of hydrogen-bond donors (Lipinski definition) is 1. The Labute approximate surface area is 131 Å². The monoisotopic (exact) mass is 305 g/mol. The molecular formula is C18H24FNS. The zero-order valence-corrected chi connectivity index (χ0v) is 13.8. The summed E-state index contributed by atoms with van der Waals surface area (Å²) in [6.07, 6.45) is 2.38. The lowest BCUT2D eigenvalue weighted by molar-refractivity contribution is 0.353. The zero-order valence-electron chi connectivity index (χ0n) is 13.0. The smallest absolute Gasteiger partial charge is 0.131 e. The van der Waals surface area contributed by atoms with Crippen molar-refractivity contribution in [3.63, 3.8) is 0 Å². The van der Waals surface area contributed by atoms with Gasteiger partial charge in [0.1, 0.15) is 5.82 Å². The van der Waals surface area contributed by atoms with Gasteiger partial charge in [0, 0.05) is 23.0 Å². The van der Waals surface area contributed by atoms with E-state index in [1.54, 1.807) is 17.4 Å². The molecule has 1 N–H and O–H groups in total. The number of hydrogen-bond acceptors (Lipinski definition) is 2. The predicted octanol–water partition coefficient (Wildman–Crippen LogP) is 5.47. The van der Waals surface area contributed by atoms with E-state index in [2.05, 4.69) is 26.1 Å². The lowest BCUT2D eigenvalue weighted by Crippen LogP contribution is -2.32. The molecule has 1 atom stereocenters. The second-order valence-electron chi connectivity index (χ2n) is 5.54. The Morgan fingerprint density at radius 1 is 1.19 bits per heavy atom. The molecule has 0 saturated heterocycles. The van der Waals surface area contributed by atoms with Gasteiger partial charge in [-0.2, -0.15) is 0 Å². The van der Waals surface area contributed by atoms with Gasteiger partial charge in [0.2, 0.25) is 0 Å². The lowest BCUT2D eigenvalue weighted by atomic mass is 9.95. The first-order chi connectivity index (χ1) is 10.2. The van der Waals surface area contributed by atoms with Crippen LogP contribution >= 0.6 is 11.3 Å². The molecule has 0 aliphatic rings. The first-order valence-corrected chi connectivity index (χ1v) is 8.59. The van der Waals surface area contributed by atoms with Gasteiger partial charge in [0.25, 0.3) is 0 Å². The van der Waals surface area contributed by atoms with Crippen molar-refractivity contribution in [3.05, 3.63) is 47.1 Å². The molecule has 21 heavy (non-hydrogen) atoms. The van der Waals surface area contributed by atoms with E-state index in [0.29, 0.717) is 17.5 Å². The standard InChI is InChI=1S/C18H24FNS/c1-4-15(5-2)13(3)20-12-14-8-9-17(19)16(11-14)18-7-6-10-21-18/h6-11,13,15,20H,4-5,12H2,1-3H3. The van der Waals surface area contributed by atoms with Gasteiger partial charge in [-0.05, 0) is 42.0 Å². The van der Waals surface area contributed by atoms with E-state index in [0.717, 1.165) is 17.0 Å². The van der Waals surface area contributed by atoms with Gasteiger partial charge in [0.05, 0.1) is 0 Å². The average molecular weight is 305 g/mol. The third-order valence-corrected chi connectivity index (χ3v) is 5.10. The molecule has 0 fully saturated rings. The summed E-state index contributed by atoms with van der Waals surface area (Å²) >= 11 is 1.58. The second-order valence-corrected chi connectivity index (χ2v) is 6.49. The molecule has 0 saturated carbocycles. The van der Waals surface area contributed by atoms with Crippen LogP contribution in [0.3, 0.4) is 0 Å². The summed E-state index contributed by atoms with van der Waals surface area (Å²) < 4.78 is 14.0. The van der Waals surface area contributed by atoms with Crippen molar-refractivity contribution in [2.45, 2.75) is 46.2 Å². The molecule has 0 aliphatic heterocycles. The number of rotatable bonds is 7. The highest BCUT2D eigenvalue weighted by Crippen LogP contribution is 2.28. The Hall–Kier alpha value is -1.19. The Balaban J connectivity index is 2.06. The fraction of sp³-hybridized carbons (Fsp3) is 0.444. The molecule has 0 spiro atoms. The van der Waals surface area contributed by atoms with E-state index >= 15 is 0 Å². The summed E-state index contributed by atoms with van der Waals surface area (Å²) in [5, 5.41) is 5.55. The molecule has 1 aromatic heterocycles. The Morgan fingerprint density at radius 3 is 2.57 bits per heavy atom. The summed E-state index contributed by atoms with van der Waals surface area (Å²) in [6.45, 7) is 7.50. The van der Waals surface area contributed by atoms with Gasteiger partial charge in [-0.3, -0.25) is 0 Å². The van der Waals surface area contributed by atoms with E-state index in [1.165, 1.54) is 12.8 Å². The Kier molecular flexibility index (Phi) is 5.95. The molecule has 1 unspecified atom stereocenters. The van der Waals surface area contributed by atoms with Crippen molar-refractivity contribution in [2.24, 2.45) is 5.92 Å². The van der Waals surface area contributed by atoms with E-state index < -0.39 is 0 Å². The molecule has 0 amide bonds. The van der Waals surface area contributed by atoms with E-state index in [4.69, 9.17) is 0 Å². The van der Waals surface area contributed by atoms with Crippen molar-refractivity contribution in [3.8, 4) is 10.4 Å². The first-order valence-electron chi connectivity index (χ1n) is 7.71. The number of halogens is 1. The Morgan fingerprint density at radius 2 is 1.95 bits per heavy atom. The van der Waals surface area contributed by atoms with Gasteiger partial charge in [0.15, 0.2) is 0 Å². The highest BCUT2D eigenvalue weighted by Gasteiger charge is 2.13. The third kappa shape index (κ3) is 4.14. The normalized spacial score (nSPS) is 12.8. The van der Waals surface area contributed by atoms with Crippen molar-refractivity contribution >= 4 is 11.3 Å². The molecule has 2 rings (SSSR count). The maximum absolute atomic E-state index is 14.0. The zero-order chi connectivity index (χ0) is 15.2. The van der Waals surface area contributed by atoms with E-state index in [1.807, 2.05) is 29.6 Å². The van der Waals surface area contributed by atoms with Crippen molar-refractivity contribution in [1.82, 2.24) is 5.32 Å². The van der Waals surface area contributed by atoms with Gasteiger partial charge in [-0.25, -0.2) is 4.39 Å². The molecule has 114 valence electrons. The van der Waals surface area contributed by atoms with Gasteiger partial charge >= 0.3 is 0 Å². The summed E-state index contributed by atoms with van der Waals surface area (Å²) in [5.41, 5.74) is 1.84. The molecule has 3 heteroatoms. The number of benzene rings is 1. The van der Waals surface area contributed by atoms with Crippen LogP contribution < -0.4 is 5.32 Å². The third-order valence-electron chi connectivity index (χ3n) is 4.20. The quantitative estimate of drug-likeness (QED) is 0.715. The highest BCUT2D eigenvalue weighted by atomic mass is 32.1. The summed E-state index contributed by atoms with van der Waals surface area (Å²) in [7, 11) is 0.